The van der Waals surface area contributed by atoms with Gasteiger partial charge in [-0.15, -0.1) is 0 Å². The fourth-order valence-electron chi connectivity index (χ4n) is 3.18. The lowest BCUT2D eigenvalue weighted by Crippen LogP contribution is -2.47. The highest BCUT2D eigenvalue weighted by atomic mass is 16.5. The van der Waals surface area contributed by atoms with Crippen molar-refractivity contribution in [2.24, 2.45) is 0 Å². The van der Waals surface area contributed by atoms with Gasteiger partial charge in [0.1, 0.15) is 5.75 Å². The molecule has 126 valence electrons. The van der Waals surface area contributed by atoms with E-state index in [1.165, 1.54) is 0 Å². The maximum absolute atomic E-state index is 12.1. The van der Waals surface area contributed by atoms with E-state index in [-0.39, 0.29) is 12.3 Å². The van der Waals surface area contributed by atoms with Gasteiger partial charge in [-0.3, -0.25) is 9.59 Å². The van der Waals surface area contributed by atoms with Crippen LogP contribution in [0.2, 0.25) is 0 Å². The van der Waals surface area contributed by atoms with Crippen molar-refractivity contribution >= 4 is 11.9 Å². The van der Waals surface area contributed by atoms with Crippen LogP contribution in [0.3, 0.4) is 0 Å². The van der Waals surface area contributed by atoms with Crippen molar-refractivity contribution in [1.29, 1.82) is 0 Å². The first kappa shape index (κ1) is 17.3. The molecule has 1 amide bonds. The Labute approximate surface area is 137 Å². The van der Waals surface area contributed by atoms with Gasteiger partial charge in [-0.05, 0) is 37.8 Å². The number of hydrogen-bond acceptors (Lipinski definition) is 3. The molecule has 1 aromatic carbocycles. The molecule has 0 atom stereocenters. The third kappa shape index (κ3) is 5.27. The van der Waals surface area contributed by atoms with E-state index in [4.69, 9.17) is 9.84 Å². The number of carboxylic acids is 1. The van der Waals surface area contributed by atoms with Crippen LogP contribution < -0.4 is 10.1 Å². The van der Waals surface area contributed by atoms with Crippen molar-refractivity contribution in [1.82, 2.24) is 5.32 Å². The maximum Gasteiger partial charge on any atom is 0.305 e. The average molecular weight is 319 g/mol. The third-order valence-corrected chi connectivity index (χ3v) is 4.35. The molecule has 0 aliphatic heterocycles. The Bertz CT molecular complexity index is 550. The first-order valence-corrected chi connectivity index (χ1v) is 8.22. The Hall–Kier alpha value is -2.04. The second-order valence-corrected chi connectivity index (χ2v) is 6.32. The molecule has 0 heterocycles. The smallest absolute Gasteiger partial charge is 0.305 e. The summed E-state index contributed by atoms with van der Waals surface area (Å²) in [5, 5.41) is 12.0. The summed E-state index contributed by atoms with van der Waals surface area (Å²) in [6, 6.07) is 7.78. The minimum Gasteiger partial charge on any atom is -0.493 e. The van der Waals surface area contributed by atoms with Crippen LogP contribution in [0, 0.1) is 6.92 Å². The lowest BCUT2D eigenvalue weighted by atomic mass is 9.93. The van der Waals surface area contributed by atoms with Crippen LogP contribution >= 0.6 is 0 Å². The van der Waals surface area contributed by atoms with Gasteiger partial charge in [0.2, 0.25) is 5.91 Å². The normalized spacial score (nSPS) is 16.0. The molecule has 1 aliphatic rings. The summed E-state index contributed by atoms with van der Waals surface area (Å²) < 4.78 is 5.67. The summed E-state index contributed by atoms with van der Waals surface area (Å²) in [5.41, 5.74) is 0.531. The van der Waals surface area contributed by atoms with E-state index in [0.717, 1.165) is 37.0 Å². The second-order valence-electron chi connectivity index (χ2n) is 6.32. The first-order valence-electron chi connectivity index (χ1n) is 8.22. The number of nitrogens with one attached hydrogen (secondary N) is 1. The van der Waals surface area contributed by atoms with Crippen molar-refractivity contribution in [3.8, 4) is 5.75 Å². The molecule has 0 bridgehead atoms. The van der Waals surface area contributed by atoms with Crippen LogP contribution in [0.15, 0.2) is 24.3 Å². The van der Waals surface area contributed by atoms with Gasteiger partial charge in [0.05, 0.1) is 18.6 Å². The van der Waals surface area contributed by atoms with Crippen LogP contribution in [0.1, 0.15) is 50.5 Å². The van der Waals surface area contributed by atoms with E-state index >= 15 is 0 Å². The summed E-state index contributed by atoms with van der Waals surface area (Å²) in [6.45, 7) is 2.46. The Morgan fingerprint density at radius 2 is 1.96 bits per heavy atom. The highest BCUT2D eigenvalue weighted by molar-refractivity contribution is 5.78. The molecule has 1 aliphatic carbocycles. The molecule has 0 unspecified atom stereocenters. The average Bonchev–Trinajstić information content (AvgIpc) is 2.92. The van der Waals surface area contributed by atoms with Gasteiger partial charge >= 0.3 is 5.97 Å². The lowest BCUT2D eigenvalue weighted by molar-refractivity contribution is -0.139. The summed E-state index contributed by atoms with van der Waals surface area (Å²) in [7, 11) is 0. The molecule has 1 saturated carbocycles. The maximum atomic E-state index is 12.1. The van der Waals surface area contributed by atoms with Crippen LogP contribution in [0.25, 0.3) is 0 Å². The molecule has 5 heteroatoms. The van der Waals surface area contributed by atoms with Gasteiger partial charge in [0, 0.05) is 6.42 Å². The second kappa shape index (κ2) is 7.99. The van der Waals surface area contributed by atoms with Gasteiger partial charge in [0.25, 0.3) is 0 Å². The van der Waals surface area contributed by atoms with Crippen LogP contribution in [-0.2, 0) is 9.59 Å². The molecule has 1 fully saturated rings. The minimum absolute atomic E-state index is 0.0124. The van der Waals surface area contributed by atoms with E-state index in [1.807, 2.05) is 31.2 Å². The molecule has 23 heavy (non-hydrogen) atoms. The van der Waals surface area contributed by atoms with Crippen molar-refractivity contribution in [2.45, 2.75) is 57.4 Å². The third-order valence-electron chi connectivity index (χ3n) is 4.35. The molecule has 1 aromatic rings. The highest BCUT2D eigenvalue weighted by Gasteiger charge is 2.37. The van der Waals surface area contributed by atoms with E-state index in [9.17, 15) is 9.59 Å². The van der Waals surface area contributed by atoms with Crippen LogP contribution in [0.5, 0.6) is 5.75 Å². The zero-order valence-corrected chi connectivity index (χ0v) is 13.6. The monoisotopic (exact) mass is 319 g/mol. The van der Waals surface area contributed by atoms with E-state index in [2.05, 4.69) is 5.32 Å². The summed E-state index contributed by atoms with van der Waals surface area (Å²) in [4.78, 5) is 23.1. The Morgan fingerprint density at radius 3 is 2.61 bits per heavy atom. The molecular weight excluding hydrogens is 294 g/mol. The number of para-hydroxylation sites is 1. The number of amides is 1. The van der Waals surface area contributed by atoms with Crippen molar-refractivity contribution in [3.05, 3.63) is 29.8 Å². The number of carboxylic acid groups (broad SMARTS) is 1. The number of hydrogen-bond donors (Lipinski definition) is 2. The zero-order chi connectivity index (χ0) is 16.7. The van der Waals surface area contributed by atoms with E-state index in [1.54, 1.807) is 0 Å². The van der Waals surface area contributed by atoms with Crippen LogP contribution in [-0.4, -0.2) is 29.1 Å². The Balaban J connectivity index is 1.74. The lowest BCUT2D eigenvalue weighted by Gasteiger charge is -2.28. The Morgan fingerprint density at radius 1 is 1.26 bits per heavy atom. The highest BCUT2D eigenvalue weighted by Crippen LogP contribution is 2.32. The topological polar surface area (TPSA) is 75.6 Å². The number of carbonyl (C=O) groups is 2. The van der Waals surface area contributed by atoms with Crippen LogP contribution in [0.4, 0.5) is 0 Å². The number of ether oxygens (including phenoxy) is 1. The summed E-state index contributed by atoms with van der Waals surface area (Å²) in [5.74, 6) is -0.0948. The molecule has 0 saturated heterocycles. The van der Waals surface area contributed by atoms with Crippen molar-refractivity contribution in [3.63, 3.8) is 0 Å². The molecule has 0 radical (unpaired) electrons. The largest absolute Gasteiger partial charge is 0.493 e. The van der Waals surface area contributed by atoms with Gasteiger partial charge < -0.3 is 15.2 Å². The van der Waals surface area contributed by atoms with Gasteiger partial charge in [-0.25, -0.2) is 0 Å². The van der Waals surface area contributed by atoms with Gasteiger partial charge in [0.15, 0.2) is 0 Å². The van der Waals surface area contributed by atoms with Gasteiger partial charge in [-0.1, -0.05) is 31.0 Å². The predicted molar refractivity (Wildman–Crippen MR) is 87.5 cm³/mol. The van der Waals surface area contributed by atoms with E-state index in [0.29, 0.717) is 19.4 Å². The summed E-state index contributed by atoms with van der Waals surface area (Å²) >= 11 is 0. The Kier molecular flexibility index (Phi) is 6.02. The molecule has 0 spiro atoms. The number of carbonyl (C=O) groups excluding carboxylic acids is 1. The fraction of sp³-hybridized carbons (Fsp3) is 0.556. The van der Waals surface area contributed by atoms with E-state index < -0.39 is 11.5 Å². The fourth-order valence-corrected chi connectivity index (χ4v) is 3.18. The quantitative estimate of drug-likeness (QED) is 0.722. The van der Waals surface area contributed by atoms with Crippen molar-refractivity contribution < 1.29 is 19.4 Å². The molecule has 2 N–H and O–H groups in total. The predicted octanol–water partition coefficient (Wildman–Crippen LogP) is 3.06. The zero-order valence-electron chi connectivity index (χ0n) is 13.6. The standard InChI is InChI=1S/C18H25NO4/c1-14-7-2-3-8-15(14)23-12-6-9-16(20)19-18(13-17(21)22)10-4-5-11-18/h2-3,7-8H,4-6,9-13H2,1H3,(H,19,20)(H,21,22). The van der Waals surface area contributed by atoms with Gasteiger partial charge in [-0.2, -0.15) is 0 Å². The van der Waals surface area contributed by atoms with Crippen molar-refractivity contribution in [2.75, 3.05) is 6.61 Å². The number of aliphatic carboxylic acids is 1. The number of benzene rings is 1. The number of aryl methyl sites for hydroxylation is 1. The minimum atomic E-state index is -0.852. The SMILES string of the molecule is Cc1ccccc1OCCCC(=O)NC1(CC(=O)O)CCCC1. The number of rotatable bonds is 8. The molecule has 2 rings (SSSR count). The molecule has 5 nitrogen and oxygen atoms in total. The molecular formula is C18H25NO4. The summed E-state index contributed by atoms with van der Waals surface area (Å²) in [6.07, 6.45) is 4.44. The molecule has 0 aromatic heterocycles. The first-order chi connectivity index (χ1) is 11.0.